The molecule has 0 amide bonds. The van der Waals surface area contributed by atoms with E-state index in [1.165, 1.54) is 34.1 Å². The quantitative estimate of drug-likeness (QED) is 0.406. The highest BCUT2D eigenvalue weighted by molar-refractivity contribution is 7.19. The number of nitrogens with zero attached hydrogens (tertiary/aromatic N) is 3. The van der Waals surface area contributed by atoms with E-state index in [1.807, 2.05) is 6.21 Å². The van der Waals surface area contributed by atoms with Crippen LogP contribution in [0.1, 0.15) is 28.8 Å². The van der Waals surface area contributed by atoms with E-state index in [2.05, 4.69) is 63.0 Å². The normalized spacial score (nSPS) is 14.2. The molecule has 1 N–H and O–H groups in total. The Kier molecular flexibility index (Phi) is 3.87. The minimum absolute atomic E-state index is 0.811. The Labute approximate surface area is 155 Å². The molecular weight excluding hydrogens is 340 g/mol. The van der Waals surface area contributed by atoms with Crippen LogP contribution in [-0.4, -0.2) is 16.2 Å². The van der Waals surface area contributed by atoms with Crippen LogP contribution in [0.4, 0.5) is 5.82 Å². The number of fused-ring (bicyclic) bond motifs is 4. The van der Waals surface area contributed by atoms with Gasteiger partial charge in [0.1, 0.15) is 11.2 Å². The van der Waals surface area contributed by atoms with Crippen molar-refractivity contribution in [3.63, 3.8) is 0 Å². The van der Waals surface area contributed by atoms with Gasteiger partial charge in [-0.3, -0.25) is 5.43 Å². The molecule has 0 aliphatic heterocycles. The first-order valence-corrected chi connectivity index (χ1v) is 9.74. The maximum absolute atomic E-state index is 4.48. The molecule has 26 heavy (non-hydrogen) atoms. The summed E-state index contributed by atoms with van der Waals surface area (Å²) in [5.74, 6) is 0.811. The molecule has 128 valence electrons. The molecule has 0 radical (unpaired) electrons. The van der Waals surface area contributed by atoms with Gasteiger partial charge in [0.25, 0.3) is 0 Å². The minimum atomic E-state index is 0.811. The lowest BCUT2D eigenvalue weighted by Crippen LogP contribution is -2.01. The van der Waals surface area contributed by atoms with Crippen molar-refractivity contribution < 1.29 is 0 Å². The minimum Gasteiger partial charge on any atom is -0.261 e. The van der Waals surface area contributed by atoms with Gasteiger partial charge < -0.3 is 0 Å². The second kappa shape index (κ2) is 6.50. The van der Waals surface area contributed by atoms with E-state index < -0.39 is 0 Å². The maximum atomic E-state index is 4.48. The molecular formula is C21H18N4S. The molecule has 0 bridgehead atoms. The van der Waals surface area contributed by atoms with Gasteiger partial charge in [0, 0.05) is 10.4 Å². The second-order valence-corrected chi connectivity index (χ2v) is 7.64. The van der Waals surface area contributed by atoms with Crippen molar-refractivity contribution in [2.75, 3.05) is 5.43 Å². The Morgan fingerprint density at radius 2 is 1.88 bits per heavy atom. The van der Waals surface area contributed by atoms with Gasteiger partial charge in [-0.05, 0) is 42.0 Å². The van der Waals surface area contributed by atoms with Crippen LogP contribution in [0.5, 0.6) is 0 Å². The van der Waals surface area contributed by atoms with Crippen molar-refractivity contribution in [3.8, 4) is 0 Å². The van der Waals surface area contributed by atoms with Gasteiger partial charge >= 0.3 is 0 Å². The third-order valence-corrected chi connectivity index (χ3v) is 6.15. The van der Waals surface area contributed by atoms with Crippen molar-refractivity contribution in [2.24, 2.45) is 5.10 Å². The van der Waals surface area contributed by atoms with Crippen LogP contribution in [0.25, 0.3) is 21.0 Å². The van der Waals surface area contributed by atoms with Gasteiger partial charge in [0.15, 0.2) is 5.82 Å². The maximum Gasteiger partial charge on any atom is 0.158 e. The molecule has 0 fully saturated rings. The molecule has 2 aromatic carbocycles. The number of aromatic nitrogens is 2. The lowest BCUT2D eigenvalue weighted by Gasteiger charge is -2.11. The number of rotatable bonds is 3. The van der Waals surface area contributed by atoms with Gasteiger partial charge in [-0.25, -0.2) is 9.97 Å². The van der Waals surface area contributed by atoms with Gasteiger partial charge in [-0.1, -0.05) is 42.5 Å². The van der Waals surface area contributed by atoms with Gasteiger partial charge in [-0.2, -0.15) is 5.10 Å². The van der Waals surface area contributed by atoms with Crippen molar-refractivity contribution in [2.45, 2.75) is 25.7 Å². The van der Waals surface area contributed by atoms with Crippen molar-refractivity contribution in [3.05, 3.63) is 64.8 Å². The first kappa shape index (κ1) is 15.5. The number of anilines is 1. The molecule has 2 heterocycles. The van der Waals surface area contributed by atoms with Crippen LogP contribution in [0, 0.1) is 0 Å². The molecule has 5 rings (SSSR count). The molecule has 1 aliphatic rings. The van der Waals surface area contributed by atoms with E-state index in [0.717, 1.165) is 34.4 Å². The van der Waals surface area contributed by atoms with Gasteiger partial charge in [0.2, 0.25) is 0 Å². The Morgan fingerprint density at radius 1 is 1.00 bits per heavy atom. The molecule has 5 heteroatoms. The highest BCUT2D eigenvalue weighted by Crippen LogP contribution is 2.38. The fraction of sp³-hybridized carbons (Fsp3) is 0.190. The van der Waals surface area contributed by atoms with Crippen LogP contribution in [0.15, 0.2) is 53.9 Å². The molecule has 2 aromatic heterocycles. The second-order valence-electron chi connectivity index (χ2n) is 6.55. The van der Waals surface area contributed by atoms with Crippen molar-refractivity contribution >= 4 is 44.4 Å². The zero-order valence-electron chi connectivity index (χ0n) is 14.3. The SMILES string of the molecule is C(=N/Nc1ncnc2sc3c(c12)CCCC3)/c1cccc2ccccc12. The van der Waals surface area contributed by atoms with Crippen LogP contribution in [0.3, 0.4) is 0 Å². The summed E-state index contributed by atoms with van der Waals surface area (Å²) < 4.78 is 0. The fourth-order valence-electron chi connectivity index (χ4n) is 3.70. The van der Waals surface area contributed by atoms with E-state index in [4.69, 9.17) is 0 Å². The van der Waals surface area contributed by atoms with Crippen LogP contribution in [0.2, 0.25) is 0 Å². The predicted molar refractivity (Wildman–Crippen MR) is 109 cm³/mol. The molecule has 0 saturated carbocycles. The molecule has 4 nitrogen and oxygen atoms in total. The standard InChI is InChI=1S/C21H18N4S/c1-2-9-16-14(6-1)7-5-8-15(16)12-24-25-20-19-17-10-3-4-11-18(17)26-21(19)23-13-22-20/h1-2,5-9,12-13H,3-4,10-11H2,(H,22,23,25)/b24-12-. The third kappa shape index (κ3) is 2.65. The number of hydrogen-bond acceptors (Lipinski definition) is 5. The summed E-state index contributed by atoms with van der Waals surface area (Å²) in [5, 5.41) is 8.05. The average molecular weight is 358 g/mol. The number of nitrogens with one attached hydrogen (secondary N) is 1. The summed E-state index contributed by atoms with van der Waals surface area (Å²) in [6, 6.07) is 14.6. The summed E-state index contributed by atoms with van der Waals surface area (Å²) in [5.41, 5.74) is 5.67. The number of hydrazone groups is 1. The highest BCUT2D eigenvalue weighted by atomic mass is 32.1. The Morgan fingerprint density at radius 3 is 2.88 bits per heavy atom. The summed E-state index contributed by atoms with van der Waals surface area (Å²) in [7, 11) is 0. The lowest BCUT2D eigenvalue weighted by molar-refractivity contribution is 0.700. The number of benzene rings is 2. The monoisotopic (exact) mass is 358 g/mol. The molecule has 0 saturated heterocycles. The molecule has 1 aliphatic carbocycles. The summed E-state index contributed by atoms with van der Waals surface area (Å²) in [4.78, 5) is 11.5. The largest absolute Gasteiger partial charge is 0.261 e. The van der Waals surface area contributed by atoms with E-state index in [-0.39, 0.29) is 0 Å². The predicted octanol–water partition coefficient (Wildman–Crippen LogP) is 5.17. The van der Waals surface area contributed by atoms with E-state index in [1.54, 1.807) is 17.7 Å². The smallest absolute Gasteiger partial charge is 0.158 e. The fourth-order valence-corrected chi connectivity index (χ4v) is 4.93. The first-order valence-electron chi connectivity index (χ1n) is 8.92. The number of hydrogen-bond donors (Lipinski definition) is 1. The highest BCUT2D eigenvalue weighted by Gasteiger charge is 2.19. The number of aryl methyl sites for hydroxylation is 2. The molecule has 4 aromatic rings. The molecule has 0 atom stereocenters. The van der Waals surface area contributed by atoms with E-state index in [0.29, 0.717) is 0 Å². The summed E-state index contributed by atoms with van der Waals surface area (Å²) >= 11 is 1.80. The van der Waals surface area contributed by atoms with Crippen LogP contribution in [-0.2, 0) is 12.8 Å². The molecule has 0 spiro atoms. The van der Waals surface area contributed by atoms with E-state index >= 15 is 0 Å². The zero-order chi connectivity index (χ0) is 17.3. The van der Waals surface area contributed by atoms with E-state index in [9.17, 15) is 0 Å². The van der Waals surface area contributed by atoms with Crippen LogP contribution < -0.4 is 5.43 Å². The average Bonchev–Trinajstić information content (AvgIpc) is 3.08. The number of thiophene rings is 1. The zero-order valence-corrected chi connectivity index (χ0v) is 15.1. The van der Waals surface area contributed by atoms with Crippen LogP contribution >= 0.6 is 11.3 Å². The van der Waals surface area contributed by atoms with Gasteiger partial charge in [0.05, 0.1) is 11.6 Å². The van der Waals surface area contributed by atoms with Crippen molar-refractivity contribution in [1.82, 2.24) is 9.97 Å². The Balaban J connectivity index is 1.50. The topological polar surface area (TPSA) is 50.2 Å². The summed E-state index contributed by atoms with van der Waals surface area (Å²) in [6.45, 7) is 0. The lowest BCUT2D eigenvalue weighted by atomic mass is 9.97. The first-order chi connectivity index (χ1) is 12.9. The Bertz CT molecular complexity index is 1120. The summed E-state index contributed by atoms with van der Waals surface area (Å²) in [6.07, 6.45) is 8.29. The van der Waals surface area contributed by atoms with Crippen molar-refractivity contribution in [1.29, 1.82) is 0 Å². The van der Waals surface area contributed by atoms with Gasteiger partial charge in [-0.15, -0.1) is 11.3 Å². The molecule has 0 unspecified atom stereocenters. The Hall–Kier alpha value is -2.79. The third-order valence-electron chi connectivity index (χ3n) is 4.95.